The molecular weight excluding hydrogens is 190 g/mol. The van der Waals surface area contributed by atoms with Gasteiger partial charge in [-0.1, -0.05) is 29.8 Å². The first-order valence-corrected chi connectivity index (χ1v) is 4.08. The summed E-state index contributed by atoms with van der Waals surface area (Å²) in [4.78, 5) is 10.2. The Labute approximate surface area is 80.2 Å². The van der Waals surface area contributed by atoms with Crippen molar-refractivity contribution in [2.24, 2.45) is 0 Å². The van der Waals surface area contributed by atoms with Crippen LogP contribution in [-0.2, 0) is 11.2 Å². The maximum absolute atomic E-state index is 12.8. The quantitative estimate of drug-likeness (QED) is 0.812. The largest absolute Gasteiger partial charge is 0.477 e. The molecule has 0 bridgehead atoms. The van der Waals surface area contributed by atoms with E-state index in [9.17, 15) is 13.6 Å². The van der Waals surface area contributed by atoms with Gasteiger partial charge in [-0.2, -0.15) is 8.78 Å². The number of hydrogen-bond acceptors (Lipinski definition) is 1. The van der Waals surface area contributed by atoms with Crippen LogP contribution in [0.15, 0.2) is 24.3 Å². The molecule has 4 heteroatoms. The maximum Gasteiger partial charge on any atom is 0.374 e. The molecular formula is C10H10F2O2. The fraction of sp³-hybridized carbons (Fsp3) is 0.300. The van der Waals surface area contributed by atoms with Crippen LogP contribution in [0.2, 0.25) is 0 Å². The molecule has 0 aliphatic rings. The molecule has 0 heterocycles. The van der Waals surface area contributed by atoms with Gasteiger partial charge in [0, 0.05) is 6.42 Å². The summed E-state index contributed by atoms with van der Waals surface area (Å²) in [5, 5.41) is 8.22. The number of rotatable bonds is 3. The summed E-state index contributed by atoms with van der Waals surface area (Å²) in [5.41, 5.74) is 1.17. The van der Waals surface area contributed by atoms with Crippen molar-refractivity contribution in [1.29, 1.82) is 0 Å². The van der Waals surface area contributed by atoms with Crippen LogP contribution < -0.4 is 0 Å². The van der Waals surface area contributed by atoms with Crippen molar-refractivity contribution in [3.05, 3.63) is 35.4 Å². The lowest BCUT2D eigenvalue weighted by atomic mass is 10.1. The summed E-state index contributed by atoms with van der Waals surface area (Å²) in [6.07, 6.45) is -0.760. The third-order valence-corrected chi connectivity index (χ3v) is 1.82. The SMILES string of the molecule is Cc1cccc(CC(F)(F)C(=O)O)c1. The number of carbonyl (C=O) groups is 1. The topological polar surface area (TPSA) is 37.3 Å². The number of halogens is 2. The third kappa shape index (κ3) is 2.52. The van der Waals surface area contributed by atoms with Gasteiger partial charge in [-0.3, -0.25) is 0 Å². The van der Waals surface area contributed by atoms with E-state index in [4.69, 9.17) is 5.11 Å². The van der Waals surface area contributed by atoms with Crippen molar-refractivity contribution in [2.75, 3.05) is 0 Å². The number of hydrogen-bond donors (Lipinski definition) is 1. The zero-order valence-electron chi connectivity index (χ0n) is 7.63. The zero-order valence-corrected chi connectivity index (χ0v) is 7.63. The number of aliphatic carboxylic acids is 1. The summed E-state index contributed by atoms with van der Waals surface area (Å²) >= 11 is 0. The fourth-order valence-electron chi connectivity index (χ4n) is 1.15. The number of carboxylic acid groups (broad SMARTS) is 1. The molecule has 0 atom stereocenters. The first kappa shape index (κ1) is 10.6. The molecule has 2 nitrogen and oxygen atoms in total. The minimum Gasteiger partial charge on any atom is -0.477 e. The lowest BCUT2D eigenvalue weighted by molar-refractivity contribution is -0.164. The van der Waals surface area contributed by atoms with E-state index in [1.54, 1.807) is 25.1 Å². The van der Waals surface area contributed by atoms with Gasteiger partial charge < -0.3 is 5.11 Å². The van der Waals surface area contributed by atoms with E-state index in [0.717, 1.165) is 5.56 Å². The molecule has 0 saturated heterocycles. The molecule has 0 spiro atoms. The Kier molecular flexibility index (Phi) is 2.84. The molecule has 1 N–H and O–H groups in total. The minimum atomic E-state index is -3.69. The molecule has 0 unspecified atom stereocenters. The summed E-state index contributed by atoms with van der Waals surface area (Å²) in [6.45, 7) is 1.77. The number of benzene rings is 1. The highest BCUT2D eigenvalue weighted by Crippen LogP contribution is 2.20. The van der Waals surface area contributed by atoms with Crippen molar-refractivity contribution >= 4 is 5.97 Å². The third-order valence-electron chi connectivity index (χ3n) is 1.82. The van der Waals surface area contributed by atoms with Gasteiger partial charge in [0.05, 0.1) is 0 Å². The van der Waals surface area contributed by atoms with E-state index < -0.39 is 18.3 Å². The van der Waals surface area contributed by atoms with Gasteiger partial charge in [0.2, 0.25) is 0 Å². The predicted octanol–water partition coefficient (Wildman–Crippen LogP) is 2.26. The van der Waals surface area contributed by atoms with Crippen LogP contribution in [0.3, 0.4) is 0 Å². The Morgan fingerprint density at radius 3 is 2.64 bits per heavy atom. The molecule has 0 aliphatic carbocycles. The average Bonchev–Trinajstić information content (AvgIpc) is 2.02. The van der Waals surface area contributed by atoms with Gasteiger partial charge in [0.1, 0.15) is 0 Å². The molecule has 14 heavy (non-hydrogen) atoms. The lowest BCUT2D eigenvalue weighted by Gasteiger charge is -2.10. The Morgan fingerprint density at radius 1 is 1.50 bits per heavy atom. The number of carboxylic acids is 1. The van der Waals surface area contributed by atoms with Gasteiger partial charge >= 0.3 is 11.9 Å². The molecule has 0 fully saturated rings. The van der Waals surface area contributed by atoms with Gasteiger partial charge in [-0.25, -0.2) is 4.79 Å². The zero-order chi connectivity index (χ0) is 10.8. The average molecular weight is 200 g/mol. The van der Waals surface area contributed by atoms with Crippen molar-refractivity contribution in [2.45, 2.75) is 19.3 Å². The van der Waals surface area contributed by atoms with Gasteiger partial charge in [-0.15, -0.1) is 0 Å². The van der Waals surface area contributed by atoms with Crippen molar-refractivity contribution in [3.8, 4) is 0 Å². The highest BCUT2D eigenvalue weighted by molar-refractivity contribution is 5.75. The first-order valence-electron chi connectivity index (χ1n) is 4.08. The summed E-state index contributed by atoms with van der Waals surface area (Å²) in [5.74, 6) is -5.77. The van der Waals surface area contributed by atoms with E-state index in [0.29, 0.717) is 5.56 Å². The van der Waals surface area contributed by atoms with Crippen molar-refractivity contribution in [3.63, 3.8) is 0 Å². The molecule has 76 valence electrons. The van der Waals surface area contributed by atoms with E-state index in [2.05, 4.69) is 0 Å². The number of aryl methyl sites for hydroxylation is 1. The Bertz CT molecular complexity index is 348. The smallest absolute Gasteiger partial charge is 0.374 e. The van der Waals surface area contributed by atoms with Crippen LogP contribution in [0.25, 0.3) is 0 Å². The van der Waals surface area contributed by atoms with Crippen LogP contribution in [0.5, 0.6) is 0 Å². The summed E-state index contributed by atoms with van der Waals surface area (Å²) in [7, 11) is 0. The van der Waals surface area contributed by atoms with Crippen LogP contribution in [0.4, 0.5) is 8.78 Å². The summed E-state index contributed by atoms with van der Waals surface area (Å²) < 4.78 is 25.5. The lowest BCUT2D eigenvalue weighted by Crippen LogP contribution is -2.30. The number of alkyl halides is 2. The second-order valence-electron chi connectivity index (χ2n) is 3.18. The van der Waals surface area contributed by atoms with Crippen LogP contribution in [0, 0.1) is 6.92 Å². The van der Waals surface area contributed by atoms with E-state index in [1.165, 1.54) is 6.07 Å². The predicted molar refractivity (Wildman–Crippen MR) is 47.5 cm³/mol. The van der Waals surface area contributed by atoms with Crippen LogP contribution in [-0.4, -0.2) is 17.0 Å². The molecule has 1 rings (SSSR count). The summed E-state index contributed by atoms with van der Waals surface area (Å²) in [6, 6.07) is 6.44. The van der Waals surface area contributed by atoms with Gasteiger partial charge in [-0.05, 0) is 12.5 Å². The minimum absolute atomic E-state index is 0.331. The maximum atomic E-state index is 12.8. The standard InChI is InChI=1S/C10H10F2O2/c1-7-3-2-4-8(5-7)6-10(11,12)9(13)14/h2-5H,6H2,1H3,(H,13,14). The molecule has 0 radical (unpaired) electrons. The highest BCUT2D eigenvalue weighted by atomic mass is 19.3. The fourth-order valence-corrected chi connectivity index (χ4v) is 1.15. The van der Waals surface area contributed by atoms with Gasteiger partial charge in [0.25, 0.3) is 0 Å². The van der Waals surface area contributed by atoms with Crippen LogP contribution in [0.1, 0.15) is 11.1 Å². The second kappa shape index (κ2) is 3.74. The first-order chi connectivity index (χ1) is 6.42. The van der Waals surface area contributed by atoms with Gasteiger partial charge in [0.15, 0.2) is 0 Å². The monoisotopic (exact) mass is 200 g/mol. The highest BCUT2D eigenvalue weighted by Gasteiger charge is 2.38. The van der Waals surface area contributed by atoms with Crippen molar-refractivity contribution in [1.82, 2.24) is 0 Å². The van der Waals surface area contributed by atoms with E-state index in [-0.39, 0.29) is 0 Å². The Morgan fingerprint density at radius 2 is 2.14 bits per heavy atom. The Balaban J connectivity index is 2.83. The van der Waals surface area contributed by atoms with Crippen LogP contribution >= 0.6 is 0 Å². The molecule has 0 saturated carbocycles. The normalized spacial score (nSPS) is 11.4. The van der Waals surface area contributed by atoms with E-state index >= 15 is 0 Å². The molecule has 0 aromatic heterocycles. The molecule has 1 aromatic carbocycles. The van der Waals surface area contributed by atoms with Crippen molar-refractivity contribution < 1.29 is 18.7 Å². The van der Waals surface area contributed by atoms with E-state index in [1.807, 2.05) is 0 Å². The molecule has 1 aromatic rings. The molecule has 0 aliphatic heterocycles. The Hall–Kier alpha value is -1.45. The molecule has 0 amide bonds. The second-order valence-corrected chi connectivity index (χ2v) is 3.18.